The van der Waals surface area contributed by atoms with E-state index in [-0.39, 0.29) is 24.2 Å². The Morgan fingerprint density at radius 2 is 1.96 bits per heavy atom. The fraction of sp³-hybridized carbons (Fsp3) is 0.550. The summed E-state index contributed by atoms with van der Waals surface area (Å²) in [5.74, 6) is -0.581. The molecule has 1 aromatic rings. The third-order valence-corrected chi connectivity index (χ3v) is 5.03. The van der Waals surface area contributed by atoms with Crippen molar-refractivity contribution in [2.24, 2.45) is 13.0 Å². The summed E-state index contributed by atoms with van der Waals surface area (Å²) in [6.07, 6.45) is 3.40. The van der Waals surface area contributed by atoms with Crippen LogP contribution in [0, 0.1) is 19.8 Å². The van der Waals surface area contributed by atoms with Crippen LogP contribution >= 0.6 is 0 Å². The molecule has 0 N–H and O–H groups in total. The second-order valence-electron chi connectivity index (χ2n) is 6.81. The Kier molecular flexibility index (Phi) is 6.05. The largest absolute Gasteiger partial charge is 0.461 e. The minimum absolute atomic E-state index is 0.00241. The molecule has 1 atom stereocenters. The van der Waals surface area contributed by atoms with Crippen molar-refractivity contribution in [1.82, 2.24) is 9.47 Å². The number of Topliss-reactive ketones (excluding diaryl/α,β-unsaturated/α-hetero) is 1. The molecule has 1 heterocycles. The second-order valence-corrected chi connectivity index (χ2v) is 6.81. The number of aromatic nitrogens is 1. The molecule has 1 aliphatic rings. The van der Waals surface area contributed by atoms with Gasteiger partial charge in [-0.25, -0.2) is 4.79 Å². The molecule has 1 aromatic heterocycles. The van der Waals surface area contributed by atoms with Crippen LogP contribution in [0.5, 0.6) is 0 Å². The fourth-order valence-corrected chi connectivity index (χ4v) is 3.32. The molecule has 0 aromatic carbocycles. The van der Waals surface area contributed by atoms with Crippen LogP contribution in [0.25, 0.3) is 0 Å². The van der Waals surface area contributed by atoms with Gasteiger partial charge in [-0.1, -0.05) is 6.08 Å². The maximum absolute atomic E-state index is 13.2. The maximum atomic E-state index is 13.2. The van der Waals surface area contributed by atoms with Gasteiger partial charge in [-0.3, -0.25) is 9.59 Å². The van der Waals surface area contributed by atoms with Crippen LogP contribution in [-0.2, 0) is 16.6 Å². The predicted molar refractivity (Wildman–Crippen MR) is 99.3 cm³/mol. The summed E-state index contributed by atoms with van der Waals surface area (Å²) in [7, 11) is 1.74. The van der Waals surface area contributed by atoms with Crippen molar-refractivity contribution in [1.29, 1.82) is 0 Å². The second kappa shape index (κ2) is 7.89. The molecule has 1 amide bonds. The summed E-state index contributed by atoms with van der Waals surface area (Å²) >= 11 is 0. The Morgan fingerprint density at radius 1 is 1.35 bits per heavy atom. The molecular formula is C20H28N2O4. The summed E-state index contributed by atoms with van der Waals surface area (Å²) in [4.78, 5) is 39.6. The number of hydrogen-bond donors (Lipinski definition) is 0. The SMILES string of the molecule is C=CCN(C(=O)C1CC1)C(C)C(=O)c1c(C)c(C(=O)OCC)n(C)c1C. The molecule has 6 heteroatoms. The standard InChI is InChI=1S/C20H28N2O4/c1-7-11-22(19(24)15-9-10-15)14(5)18(23)16-12(3)17(20(25)26-8-2)21(6)13(16)4/h7,14-15H,1,8-11H2,2-6H3. The van der Waals surface area contributed by atoms with E-state index in [1.165, 1.54) is 0 Å². The van der Waals surface area contributed by atoms with E-state index in [1.807, 2.05) is 0 Å². The van der Waals surface area contributed by atoms with Crippen molar-refractivity contribution in [2.75, 3.05) is 13.2 Å². The van der Waals surface area contributed by atoms with Gasteiger partial charge in [-0.2, -0.15) is 0 Å². The topological polar surface area (TPSA) is 68.6 Å². The van der Waals surface area contributed by atoms with Gasteiger partial charge < -0.3 is 14.2 Å². The highest BCUT2D eigenvalue weighted by atomic mass is 16.5. The number of esters is 1. The Balaban J connectivity index is 2.38. The predicted octanol–water partition coefficient (Wildman–Crippen LogP) is 2.81. The van der Waals surface area contributed by atoms with Crippen molar-refractivity contribution in [3.05, 3.63) is 35.2 Å². The van der Waals surface area contributed by atoms with E-state index >= 15 is 0 Å². The minimum Gasteiger partial charge on any atom is -0.461 e. The first kappa shape index (κ1) is 19.9. The molecule has 6 nitrogen and oxygen atoms in total. The number of nitrogens with zero attached hydrogens (tertiary/aromatic N) is 2. The normalized spacial score (nSPS) is 14.7. The molecule has 1 unspecified atom stereocenters. The fourth-order valence-electron chi connectivity index (χ4n) is 3.32. The zero-order chi connectivity index (χ0) is 19.6. The zero-order valence-corrected chi connectivity index (χ0v) is 16.3. The van der Waals surface area contributed by atoms with Crippen molar-refractivity contribution >= 4 is 17.7 Å². The van der Waals surface area contributed by atoms with E-state index in [2.05, 4.69) is 6.58 Å². The van der Waals surface area contributed by atoms with Crippen LogP contribution in [0.3, 0.4) is 0 Å². The van der Waals surface area contributed by atoms with Gasteiger partial charge in [0, 0.05) is 30.8 Å². The molecule has 0 saturated heterocycles. The van der Waals surface area contributed by atoms with Gasteiger partial charge in [-0.15, -0.1) is 6.58 Å². The quantitative estimate of drug-likeness (QED) is 0.406. The molecule has 26 heavy (non-hydrogen) atoms. The number of carbonyl (C=O) groups is 3. The number of ether oxygens (including phenoxy) is 1. The van der Waals surface area contributed by atoms with Crippen LogP contribution in [0.4, 0.5) is 0 Å². The average molecular weight is 360 g/mol. The van der Waals surface area contributed by atoms with E-state index in [0.29, 0.717) is 29.1 Å². The summed E-state index contributed by atoms with van der Waals surface area (Å²) < 4.78 is 6.80. The van der Waals surface area contributed by atoms with Gasteiger partial charge in [0.1, 0.15) is 5.69 Å². The summed E-state index contributed by atoms with van der Waals surface area (Å²) in [5, 5.41) is 0. The average Bonchev–Trinajstić information content (AvgIpc) is 3.40. The molecule has 1 fully saturated rings. The third-order valence-electron chi connectivity index (χ3n) is 5.03. The lowest BCUT2D eigenvalue weighted by Crippen LogP contribution is -2.44. The molecular weight excluding hydrogens is 332 g/mol. The molecule has 1 aliphatic carbocycles. The van der Waals surface area contributed by atoms with Crippen LogP contribution in [0.15, 0.2) is 12.7 Å². The molecule has 0 radical (unpaired) electrons. The summed E-state index contributed by atoms with van der Waals surface area (Å²) in [6.45, 7) is 11.3. The number of ketones is 1. The van der Waals surface area contributed by atoms with Crippen LogP contribution in [-0.4, -0.2) is 46.3 Å². The zero-order valence-electron chi connectivity index (χ0n) is 16.3. The Labute approximate surface area is 154 Å². The molecule has 1 saturated carbocycles. The first-order valence-electron chi connectivity index (χ1n) is 9.04. The highest BCUT2D eigenvalue weighted by Gasteiger charge is 2.38. The van der Waals surface area contributed by atoms with Crippen molar-refractivity contribution < 1.29 is 19.1 Å². The number of hydrogen-bond acceptors (Lipinski definition) is 4. The van der Waals surface area contributed by atoms with E-state index in [1.54, 1.807) is 50.3 Å². The lowest BCUT2D eigenvalue weighted by atomic mass is 9.99. The first-order valence-corrected chi connectivity index (χ1v) is 9.04. The Morgan fingerprint density at radius 3 is 2.46 bits per heavy atom. The van der Waals surface area contributed by atoms with E-state index in [0.717, 1.165) is 12.8 Å². The van der Waals surface area contributed by atoms with Crippen molar-refractivity contribution in [2.45, 2.75) is 46.6 Å². The monoisotopic (exact) mass is 360 g/mol. The number of rotatable bonds is 8. The highest BCUT2D eigenvalue weighted by molar-refractivity contribution is 6.06. The number of amides is 1. The summed E-state index contributed by atoms with van der Waals surface area (Å²) in [6, 6.07) is -0.615. The van der Waals surface area contributed by atoms with Crippen molar-refractivity contribution in [3.8, 4) is 0 Å². The van der Waals surface area contributed by atoms with Gasteiger partial charge in [0.2, 0.25) is 5.91 Å². The first-order chi connectivity index (χ1) is 12.3. The summed E-state index contributed by atoms with van der Waals surface area (Å²) in [5.41, 5.74) is 2.15. The van der Waals surface area contributed by atoms with Gasteiger partial charge in [0.25, 0.3) is 0 Å². The minimum atomic E-state index is -0.615. The molecule has 0 aliphatic heterocycles. The number of carbonyl (C=O) groups excluding carboxylic acids is 3. The van der Waals surface area contributed by atoms with Crippen LogP contribution in [0.2, 0.25) is 0 Å². The van der Waals surface area contributed by atoms with Gasteiger partial charge in [-0.05, 0) is 46.1 Å². The molecule has 142 valence electrons. The molecule has 0 bridgehead atoms. The van der Waals surface area contributed by atoms with Gasteiger partial charge >= 0.3 is 5.97 Å². The van der Waals surface area contributed by atoms with Crippen molar-refractivity contribution in [3.63, 3.8) is 0 Å². The Bertz CT molecular complexity index is 743. The van der Waals surface area contributed by atoms with Gasteiger partial charge in [0.05, 0.1) is 12.6 Å². The van der Waals surface area contributed by atoms with Crippen LogP contribution < -0.4 is 0 Å². The smallest absolute Gasteiger partial charge is 0.355 e. The van der Waals surface area contributed by atoms with E-state index in [4.69, 9.17) is 4.74 Å². The maximum Gasteiger partial charge on any atom is 0.355 e. The molecule has 0 spiro atoms. The third kappa shape index (κ3) is 3.59. The Hall–Kier alpha value is -2.37. The van der Waals surface area contributed by atoms with E-state index in [9.17, 15) is 14.4 Å². The van der Waals surface area contributed by atoms with Gasteiger partial charge in [0.15, 0.2) is 5.78 Å². The molecule has 2 rings (SSSR count). The van der Waals surface area contributed by atoms with E-state index < -0.39 is 12.0 Å². The lowest BCUT2D eigenvalue weighted by molar-refractivity contribution is -0.133. The highest BCUT2D eigenvalue weighted by Crippen LogP contribution is 2.32. The lowest BCUT2D eigenvalue weighted by Gasteiger charge is -2.27. The van der Waals surface area contributed by atoms with Crippen LogP contribution in [0.1, 0.15) is 58.8 Å².